The molecule has 2 rings (SSSR count). The summed E-state index contributed by atoms with van der Waals surface area (Å²) in [5.74, 6) is -1.80. The van der Waals surface area contributed by atoms with Crippen molar-refractivity contribution < 1.29 is 26.7 Å². The number of nitrogens with zero attached hydrogens (tertiary/aromatic N) is 1. The van der Waals surface area contributed by atoms with Gasteiger partial charge in [-0.25, -0.2) is 22.0 Å². The molecule has 1 atom stereocenters. The SMILES string of the molecule is NS(=O)(=O)c1cccc(S(=O)(=O)N2CCCC(C(=O)O)C2)c1. The van der Waals surface area contributed by atoms with Gasteiger partial charge < -0.3 is 5.11 Å². The van der Waals surface area contributed by atoms with Crippen molar-refractivity contribution in [3.63, 3.8) is 0 Å². The first-order valence-electron chi connectivity index (χ1n) is 6.48. The zero-order chi connectivity index (χ0) is 16.5. The van der Waals surface area contributed by atoms with Crippen LogP contribution in [-0.4, -0.2) is 45.3 Å². The van der Waals surface area contributed by atoms with Gasteiger partial charge in [0.2, 0.25) is 20.0 Å². The number of sulfonamides is 2. The van der Waals surface area contributed by atoms with Gasteiger partial charge in [0.05, 0.1) is 15.7 Å². The Morgan fingerprint density at radius 3 is 2.45 bits per heavy atom. The van der Waals surface area contributed by atoms with Crippen molar-refractivity contribution in [3.05, 3.63) is 24.3 Å². The van der Waals surface area contributed by atoms with Crippen molar-refractivity contribution >= 4 is 26.0 Å². The average Bonchev–Trinajstić information content (AvgIpc) is 2.46. The third-order valence-corrected chi connectivity index (χ3v) is 6.28. The molecule has 8 nitrogen and oxygen atoms in total. The summed E-state index contributed by atoms with van der Waals surface area (Å²) >= 11 is 0. The van der Waals surface area contributed by atoms with Crippen molar-refractivity contribution in [1.82, 2.24) is 4.31 Å². The van der Waals surface area contributed by atoms with Crippen LogP contribution in [0.5, 0.6) is 0 Å². The molecule has 1 unspecified atom stereocenters. The topological polar surface area (TPSA) is 135 Å². The monoisotopic (exact) mass is 348 g/mol. The Hall–Kier alpha value is -1.49. The minimum atomic E-state index is -4.02. The normalized spacial score (nSPS) is 20.7. The van der Waals surface area contributed by atoms with E-state index in [2.05, 4.69) is 0 Å². The molecule has 0 aromatic heterocycles. The van der Waals surface area contributed by atoms with Crippen LogP contribution in [0.15, 0.2) is 34.1 Å². The summed E-state index contributed by atoms with van der Waals surface area (Å²) in [6.45, 7) is 0.0724. The summed E-state index contributed by atoms with van der Waals surface area (Å²) in [6.07, 6.45) is 0.851. The summed E-state index contributed by atoms with van der Waals surface area (Å²) in [5, 5.41) is 14.0. The number of primary sulfonamides is 1. The van der Waals surface area contributed by atoms with Gasteiger partial charge in [0.1, 0.15) is 0 Å². The fourth-order valence-electron chi connectivity index (χ4n) is 2.32. The number of rotatable bonds is 4. The van der Waals surface area contributed by atoms with Crippen LogP contribution < -0.4 is 5.14 Å². The molecule has 1 saturated heterocycles. The standard InChI is InChI=1S/C12H16N2O6S2/c13-21(17,18)10-4-1-5-11(7-10)22(19,20)14-6-2-3-9(8-14)12(15)16/h1,4-5,7,9H,2-3,6,8H2,(H,15,16)(H2,13,17,18). The molecule has 1 fully saturated rings. The summed E-state index contributed by atoms with van der Waals surface area (Å²) in [5.41, 5.74) is 0. The first-order chi connectivity index (χ1) is 10.1. The predicted molar refractivity (Wildman–Crippen MR) is 76.9 cm³/mol. The van der Waals surface area contributed by atoms with E-state index in [1.165, 1.54) is 18.2 Å². The second kappa shape index (κ2) is 5.95. The smallest absolute Gasteiger partial charge is 0.307 e. The van der Waals surface area contributed by atoms with Crippen molar-refractivity contribution in [1.29, 1.82) is 0 Å². The summed E-state index contributed by atoms with van der Waals surface area (Å²) in [4.78, 5) is 10.5. The minimum Gasteiger partial charge on any atom is -0.481 e. The van der Waals surface area contributed by atoms with E-state index in [0.717, 1.165) is 10.4 Å². The molecule has 1 aromatic carbocycles. The number of carboxylic acid groups (broad SMARTS) is 1. The van der Waals surface area contributed by atoms with Gasteiger partial charge in [0, 0.05) is 13.1 Å². The maximum Gasteiger partial charge on any atom is 0.307 e. The van der Waals surface area contributed by atoms with E-state index in [4.69, 9.17) is 10.2 Å². The zero-order valence-electron chi connectivity index (χ0n) is 11.5. The lowest BCUT2D eigenvalue weighted by molar-refractivity contribution is -0.142. The van der Waals surface area contributed by atoms with E-state index in [1.807, 2.05) is 0 Å². The van der Waals surface area contributed by atoms with Crippen molar-refractivity contribution in [2.75, 3.05) is 13.1 Å². The number of hydrogen-bond donors (Lipinski definition) is 2. The van der Waals surface area contributed by atoms with Gasteiger partial charge in [-0.05, 0) is 31.0 Å². The number of hydrogen-bond acceptors (Lipinski definition) is 5. The summed E-state index contributed by atoms with van der Waals surface area (Å²) in [7, 11) is -7.98. The van der Waals surface area contributed by atoms with Gasteiger partial charge in [0.25, 0.3) is 0 Å². The highest BCUT2D eigenvalue weighted by Crippen LogP contribution is 2.25. The molecular formula is C12H16N2O6S2. The molecule has 0 aliphatic carbocycles. The lowest BCUT2D eigenvalue weighted by Crippen LogP contribution is -2.42. The Bertz CT molecular complexity index is 788. The van der Waals surface area contributed by atoms with Crippen molar-refractivity contribution in [2.24, 2.45) is 11.1 Å². The van der Waals surface area contributed by atoms with Gasteiger partial charge >= 0.3 is 5.97 Å². The van der Waals surface area contributed by atoms with E-state index < -0.39 is 31.9 Å². The molecule has 3 N–H and O–H groups in total. The first-order valence-corrected chi connectivity index (χ1v) is 9.47. The maximum atomic E-state index is 12.5. The van der Waals surface area contributed by atoms with Crippen LogP contribution in [0.4, 0.5) is 0 Å². The number of benzene rings is 1. The van der Waals surface area contributed by atoms with E-state index in [0.29, 0.717) is 12.8 Å². The summed E-state index contributed by atoms with van der Waals surface area (Å²) in [6, 6.07) is 4.72. The van der Waals surface area contributed by atoms with Crippen LogP contribution in [0.25, 0.3) is 0 Å². The van der Waals surface area contributed by atoms with Crippen LogP contribution in [0, 0.1) is 5.92 Å². The van der Waals surface area contributed by atoms with E-state index in [9.17, 15) is 21.6 Å². The number of nitrogens with two attached hydrogens (primary N) is 1. The quantitative estimate of drug-likeness (QED) is 0.775. The molecule has 0 bridgehead atoms. The lowest BCUT2D eigenvalue weighted by atomic mass is 10.0. The van der Waals surface area contributed by atoms with Gasteiger partial charge in [-0.15, -0.1) is 0 Å². The third-order valence-electron chi connectivity index (χ3n) is 3.51. The number of carboxylic acids is 1. The van der Waals surface area contributed by atoms with Gasteiger partial charge in [0.15, 0.2) is 0 Å². The second-order valence-electron chi connectivity index (χ2n) is 5.06. The van der Waals surface area contributed by atoms with Crippen LogP contribution >= 0.6 is 0 Å². The molecule has 1 heterocycles. The Kier molecular flexibility index (Phi) is 4.57. The largest absolute Gasteiger partial charge is 0.481 e. The van der Waals surface area contributed by atoms with E-state index in [-0.39, 0.29) is 22.9 Å². The van der Waals surface area contributed by atoms with Crippen molar-refractivity contribution in [2.45, 2.75) is 22.6 Å². The molecule has 122 valence electrons. The maximum absolute atomic E-state index is 12.5. The summed E-state index contributed by atoms with van der Waals surface area (Å²) < 4.78 is 48.8. The fourth-order valence-corrected chi connectivity index (χ4v) is 4.53. The molecular weight excluding hydrogens is 332 g/mol. The molecule has 1 aromatic rings. The van der Waals surface area contributed by atoms with Gasteiger partial charge in [-0.3, -0.25) is 4.79 Å². The number of carbonyl (C=O) groups is 1. The Morgan fingerprint density at radius 1 is 1.23 bits per heavy atom. The zero-order valence-corrected chi connectivity index (χ0v) is 13.2. The third kappa shape index (κ3) is 3.46. The Balaban J connectivity index is 2.36. The van der Waals surface area contributed by atoms with Crippen LogP contribution in [0.1, 0.15) is 12.8 Å². The molecule has 0 radical (unpaired) electrons. The molecule has 1 aliphatic heterocycles. The average molecular weight is 348 g/mol. The highest BCUT2D eigenvalue weighted by molar-refractivity contribution is 7.90. The molecule has 0 amide bonds. The van der Waals surface area contributed by atoms with E-state index in [1.54, 1.807) is 0 Å². The van der Waals surface area contributed by atoms with E-state index >= 15 is 0 Å². The number of aliphatic carboxylic acids is 1. The predicted octanol–water partition coefficient (Wildman–Crippen LogP) is -0.181. The molecule has 0 saturated carbocycles. The second-order valence-corrected chi connectivity index (χ2v) is 8.56. The first kappa shape index (κ1) is 16.9. The molecule has 22 heavy (non-hydrogen) atoms. The van der Waals surface area contributed by atoms with Gasteiger partial charge in [-0.1, -0.05) is 6.07 Å². The Morgan fingerprint density at radius 2 is 1.86 bits per heavy atom. The molecule has 10 heteroatoms. The van der Waals surface area contributed by atoms with Crippen LogP contribution in [-0.2, 0) is 24.8 Å². The van der Waals surface area contributed by atoms with Crippen LogP contribution in [0.2, 0.25) is 0 Å². The molecule has 1 aliphatic rings. The van der Waals surface area contributed by atoms with Crippen molar-refractivity contribution in [3.8, 4) is 0 Å². The van der Waals surface area contributed by atoms with Crippen LogP contribution in [0.3, 0.4) is 0 Å². The lowest BCUT2D eigenvalue weighted by Gasteiger charge is -2.29. The highest BCUT2D eigenvalue weighted by atomic mass is 32.2. The fraction of sp³-hybridized carbons (Fsp3) is 0.417. The minimum absolute atomic E-state index is 0.128. The highest BCUT2D eigenvalue weighted by Gasteiger charge is 2.33. The van der Waals surface area contributed by atoms with Gasteiger partial charge in [-0.2, -0.15) is 4.31 Å². The Labute approximate surface area is 128 Å². The number of piperidine rings is 1. The molecule has 0 spiro atoms.